The molecule has 1 unspecified atom stereocenters. The van der Waals surface area contributed by atoms with Crippen LogP contribution >= 0.6 is 0 Å². The summed E-state index contributed by atoms with van der Waals surface area (Å²) in [6.07, 6.45) is 13.4. The molecule has 1 atom stereocenters. The van der Waals surface area contributed by atoms with E-state index in [9.17, 15) is 0 Å². The highest BCUT2D eigenvalue weighted by atomic mass is 14.9. The molecular weight excluding hydrogens is 170 g/mol. The Morgan fingerprint density at radius 3 is 2.21 bits per heavy atom. The van der Waals surface area contributed by atoms with Gasteiger partial charge in [0, 0.05) is 6.04 Å². The van der Waals surface area contributed by atoms with Crippen molar-refractivity contribution < 1.29 is 0 Å². The molecule has 0 aromatic carbocycles. The first-order valence-electron chi connectivity index (χ1n) is 6.57. The standard InChI is InChI=1S/C13H25N/c1-14-13(12-8-5-9-12)10-11-6-3-2-4-7-11/h11-14H,2-10H2,1H3. The fourth-order valence-electron chi connectivity index (χ4n) is 3.17. The molecular formula is C13H25N. The molecule has 1 heteroatoms. The number of rotatable bonds is 4. The zero-order chi connectivity index (χ0) is 9.80. The molecule has 2 aliphatic carbocycles. The van der Waals surface area contributed by atoms with Gasteiger partial charge in [0.05, 0.1) is 0 Å². The largest absolute Gasteiger partial charge is 0.317 e. The highest BCUT2D eigenvalue weighted by Crippen LogP contribution is 2.35. The van der Waals surface area contributed by atoms with E-state index in [-0.39, 0.29) is 0 Å². The van der Waals surface area contributed by atoms with Gasteiger partial charge in [-0.25, -0.2) is 0 Å². The van der Waals surface area contributed by atoms with Gasteiger partial charge in [0.15, 0.2) is 0 Å². The first kappa shape index (κ1) is 10.5. The molecule has 82 valence electrons. The predicted molar refractivity (Wildman–Crippen MR) is 61.4 cm³/mol. The Bertz CT molecular complexity index is 157. The lowest BCUT2D eigenvalue weighted by Crippen LogP contribution is -2.39. The molecule has 1 nitrogen and oxygen atoms in total. The van der Waals surface area contributed by atoms with Crippen LogP contribution < -0.4 is 5.32 Å². The molecule has 0 saturated heterocycles. The van der Waals surface area contributed by atoms with Gasteiger partial charge in [-0.1, -0.05) is 38.5 Å². The lowest BCUT2D eigenvalue weighted by Gasteiger charge is -2.36. The fourth-order valence-corrected chi connectivity index (χ4v) is 3.17. The predicted octanol–water partition coefficient (Wildman–Crippen LogP) is 3.34. The van der Waals surface area contributed by atoms with Crippen molar-refractivity contribution >= 4 is 0 Å². The van der Waals surface area contributed by atoms with E-state index >= 15 is 0 Å². The van der Waals surface area contributed by atoms with Crippen molar-refractivity contribution in [2.24, 2.45) is 11.8 Å². The van der Waals surface area contributed by atoms with E-state index in [4.69, 9.17) is 0 Å². The highest BCUT2D eigenvalue weighted by Gasteiger charge is 2.28. The molecule has 0 aromatic heterocycles. The first-order valence-corrected chi connectivity index (χ1v) is 6.57. The summed E-state index contributed by atoms with van der Waals surface area (Å²) in [6.45, 7) is 0. The van der Waals surface area contributed by atoms with Crippen LogP contribution in [0.2, 0.25) is 0 Å². The van der Waals surface area contributed by atoms with Crippen molar-refractivity contribution in [2.45, 2.75) is 63.8 Å². The van der Waals surface area contributed by atoms with Crippen LogP contribution in [0.1, 0.15) is 57.8 Å². The summed E-state index contributed by atoms with van der Waals surface area (Å²) in [5, 5.41) is 3.55. The van der Waals surface area contributed by atoms with Crippen molar-refractivity contribution in [1.29, 1.82) is 0 Å². The Balaban J connectivity index is 1.74. The topological polar surface area (TPSA) is 12.0 Å². The normalized spacial score (nSPS) is 27.2. The van der Waals surface area contributed by atoms with Gasteiger partial charge in [0.1, 0.15) is 0 Å². The summed E-state index contributed by atoms with van der Waals surface area (Å²) < 4.78 is 0. The molecule has 0 amide bonds. The second-order valence-electron chi connectivity index (χ2n) is 5.33. The Labute approximate surface area is 88.7 Å². The van der Waals surface area contributed by atoms with E-state index in [1.807, 2.05) is 0 Å². The van der Waals surface area contributed by atoms with E-state index < -0.39 is 0 Å². The van der Waals surface area contributed by atoms with E-state index in [1.165, 1.54) is 57.8 Å². The molecule has 2 saturated carbocycles. The van der Waals surface area contributed by atoms with Crippen LogP contribution in [-0.4, -0.2) is 13.1 Å². The van der Waals surface area contributed by atoms with Gasteiger partial charge < -0.3 is 5.32 Å². The zero-order valence-electron chi connectivity index (χ0n) is 9.60. The van der Waals surface area contributed by atoms with Crippen LogP contribution in [0.5, 0.6) is 0 Å². The third-order valence-electron chi connectivity index (χ3n) is 4.40. The smallest absolute Gasteiger partial charge is 0.00949 e. The highest BCUT2D eigenvalue weighted by molar-refractivity contribution is 4.84. The maximum absolute atomic E-state index is 3.55. The fraction of sp³-hybridized carbons (Fsp3) is 1.00. The second-order valence-corrected chi connectivity index (χ2v) is 5.33. The number of nitrogens with one attached hydrogen (secondary N) is 1. The SMILES string of the molecule is CNC(CC1CCCCC1)C1CCC1. The zero-order valence-corrected chi connectivity index (χ0v) is 9.60. The maximum Gasteiger partial charge on any atom is 0.00949 e. The Hall–Kier alpha value is -0.0400. The van der Waals surface area contributed by atoms with Crippen molar-refractivity contribution in [3.8, 4) is 0 Å². The molecule has 0 spiro atoms. The Kier molecular flexibility index (Phi) is 3.86. The molecule has 2 aliphatic rings. The molecule has 0 aliphatic heterocycles. The monoisotopic (exact) mass is 195 g/mol. The van der Waals surface area contributed by atoms with E-state index in [2.05, 4.69) is 12.4 Å². The van der Waals surface area contributed by atoms with Crippen LogP contribution in [0, 0.1) is 11.8 Å². The summed E-state index contributed by atoms with van der Waals surface area (Å²) in [6, 6.07) is 0.840. The van der Waals surface area contributed by atoms with Gasteiger partial charge >= 0.3 is 0 Å². The Morgan fingerprint density at radius 1 is 1.00 bits per heavy atom. The molecule has 0 aromatic rings. The number of hydrogen-bond donors (Lipinski definition) is 1. The minimum atomic E-state index is 0.840. The lowest BCUT2D eigenvalue weighted by molar-refractivity contribution is 0.191. The van der Waals surface area contributed by atoms with Crippen LogP contribution in [0.3, 0.4) is 0 Å². The minimum Gasteiger partial charge on any atom is -0.317 e. The average molecular weight is 195 g/mol. The van der Waals surface area contributed by atoms with Crippen molar-refractivity contribution in [1.82, 2.24) is 5.32 Å². The summed E-state index contributed by atoms with van der Waals surface area (Å²) in [5.41, 5.74) is 0. The van der Waals surface area contributed by atoms with E-state index in [1.54, 1.807) is 0 Å². The van der Waals surface area contributed by atoms with Crippen LogP contribution in [0.4, 0.5) is 0 Å². The molecule has 2 fully saturated rings. The van der Waals surface area contributed by atoms with E-state index in [0.717, 1.165) is 17.9 Å². The van der Waals surface area contributed by atoms with Gasteiger partial charge in [-0.3, -0.25) is 0 Å². The summed E-state index contributed by atoms with van der Waals surface area (Å²) in [5.74, 6) is 2.06. The van der Waals surface area contributed by atoms with Crippen molar-refractivity contribution in [3.05, 3.63) is 0 Å². The average Bonchev–Trinajstić information content (AvgIpc) is 2.15. The molecule has 14 heavy (non-hydrogen) atoms. The molecule has 2 rings (SSSR count). The summed E-state index contributed by atoms with van der Waals surface area (Å²) in [4.78, 5) is 0. The van der Waals surface area contributed by atoms with Crippen LogP contribution in [0.25, 0.3) is 0 Å². The quantitative estimate of drug-likeness (QED) is 0.725. The molecule has 1 N–H and O–H groups in total. The van der Waals surface area contributed by atoms with Gasteiger partial charge in [-0.05, 0) is 38.1 Å². The molecule has 0 radical (unpaired) electrons. The summed E-state index contributed by atoms with van der Waals surface area (Å²) >= 11 is 0. The lowest BCUT2D eigenvalue weighted by atomic mass is 9.74. The van der Waals surface area contributed by atoms with E-state index in [0.29, 0.717) is 0 Å². The van der Waals surface area contributed by atoms with Crippen molar-refractivity contribution in [2.75, 3.05) is 7.05 Å². The third-order valence-corrected chi connectivity index (χ3v) is 4.40. The van der Waals surface area contributed by atoms with Gasteiger partial charge in [-0.2, -0.15) is 0 Å². The van der Waals surface area contributed by atoms with Gasteiger partial charge in [0.25, 0.3) is 0 Å². The first-order chi connectivity index (χ1) is 6.90. The number of hydrogen-bond acceptors (Lipinski definition) is 1. The van der Waals surface area contributed by atoms with Crippen LogP contribution in [0.15, 0.2) is 0 Å². The second kappa shape index (κ2) is 5.16. The van der Waals surface area contributed by atoms with Crippen LogP contribution in [-0.2, 0) is 0 Å². The molecule has 0 bridgehead atoms. The minimum absolute atomic E-state index is 0.840. The third kappa shape index (κ3) is 2.50. The maximum atomic E-state index is 3.55. The Morgan fingerprint density at radius 2 is 1.71 bits per heavy atom. The van der Waals surface area contributed by atoms with Gasteiger partial charge in [-0.15, -0.1) is 0 Å². The summed E-state index contributed by atoms with van der Waals surface area (Å²) in [7, 11) is 2.16. The molecule has 0 heterocycles. The van der Waals surface area contributed by atoms with Gasteiger partial charge in [0.2, 0.25) is 0 Å². The van der Waals surface area contributed by atoms with Crippen molar-refractivity contribution in [3.63, 3.8) is 0 Å².